The molecule has 1 saturated heterocycles. The van der Waals surface area contributed by atoms with Gasteiger partial charge in [0, 0.05) is 0 Å². The standard InChI is InChI=1S/C17H24N4O3/c1-11-5-3-4-8-17(11)14(23)21(15(24)20-17)9-13(22)19-16(2,10-18)12-6-7-12/h11-12H,3-9H2,1-2H3,(H,19,22)(H,20,24)/t11-,16+,17+/m1/s1. The number of nitrogens with one attached hydrogen (secondary N) is 2. The number of carbonyl (C=O) groups is 3. The fourth-order valence-electron chi connectivity index (χ4n) is 3.99. The lowest BCUT2D eigenvalue weighted by molar-refractivity contribution is -0.137. The lowest BCUT2D eigenvalue weighted by atomic mass is 9.73. The van der Waals surface area contributed by atoms with E-state index in [1.165, 1.54) is 0 Å². The first-order chi connectivity index (χ1) is 11.3. The Morgan fingerprint density at radius 1 is 1.42 bits per heavy atom. The topological polar surface area (TPSA) is 102 Å². The van der Waals surface area contributed by atoms with Crippen LogP contribution in [0.4, 0.5) is 4.79 Å². The van der Waals surface area contributed by atoms with Gasteiger partial charge in [-0.05, 0) is 44.4 Å². The second-order valence-electron chi connectivity index (χ2n) is 7.58. The largest absolute Gasteiger partial charge is 0.336 e. The van der Waals surface area contributed by atoms with Gasteiger partial charge in [-0.2, -0.15) is 5.26 Å². The van der Waals surface area contributed by atoms with Gasteiger partial charge in [0.25, 0.3) is 5.91 Å². The van der Waals surface area contributed by atoms with Crippen LogP contribution in [0.25, 0.3) is 0 Å². The first-order valence-electron chi connectivity index (χ1n) is 8.69. The highest BCUT2D eigenvalue weighted by Crippen LogP contribution is 2.40. The Labute approximate surface area is 141 Å². The molecule has 2 N–H and O–H groups in total. The van der Waals surface area contributed by atoms with E-state index in [1.807, 2.05) is 6.92 Å². The third kappa shape index (κ3) is 2.64. The number of amides is 4. The molecule has 4 amide bonds. The zero-order valence-corrected chi connectivity index (χ0v) is 14.2. The maximum Gasteiger partial charge on any atom is 0.325 e. The highest BCUT2D eigenvalue weighted by Gasteiger charge is 2.55. The maximum atomic E-state index is 12.8. The normalized spacial score (nSPS) is 32.2. The van der Waals surface area contributed by atoms with Crippen LogP contribution in [-0.2, 0) is 9.59 Å². The first kappa shape index (κ1) is 16.7. The molecule has 0 bridgehead atoms. The number of hydrogen-bond donors (Lipinski definition) is 2. The number of urea groups is 1. The Kier molecular flexibility index (Phi) is 4.02. The molecule has 3 aliphatic rings. The second kappa shape index (κ2) is 5.76. The third-order valence-electron chi connectivity index (χ3n) is 5.83. The van der Waals surface area contributed by atoms with Gasteiger partial charge in [0.2, 0.25) is 5.91 Å². The maximum absolute atomic E-state index is 12.8. The molecular formula is C17H24N4O3. The molecule has 0 aromatic rings. The summed E-state index contributed by atoms with van der Waals surface area (Å²) in [5.41, 5.74) is -1.78. The summed E-state index contributed by atoms with van der Waals surface area (Å²) in [6.45, 7) is 3.34. The van der Waals surface area contributed by atoms with Gasteiger partial charge >= 0.3 is 6.03 Å². The fraction of sp³-hybridized carbons (Fsp3) is 0.765. The fourth-order valence-corrected chi connectivity index (χ4v) is 3.99. The van der Waals surface area contributed by atoms with E-state index in [2.05, 4.69) is 16.7 Å². The second-order valence-corrected chi connectivity index (χ2v) is 7.58. The van der Waals surface area contributed by atoms with E-state index in [0.717, 1.165) is 37.0 Å². The molecule has 7 heteroatoms. The van der Waals surface area contributed by atoms with E-state index in [4.69, 9.17) is 0 Å². The Balaban J connectivity index is 1.69. The third-order valence-corrected chi connectivity index (χ3v) is 5.83. The Morgan fingerprint density at radius 2 is 2.12 bits per heavy atom. The van der Waals surface area contributed by atoms with E-state index < -0.39 is 23.0 Å². The lowest BCUT2D eigenvalue weighted by Crippen LogP contribution is -2.54. The Morgan fingerprint density at radius 3 is 2.71 bits per heavy atom. The summed E-state index contributed by atoms with van der Waals surface area (Å²) >= 11 is 0. The van der Waals surface area contributed by atoms with E-state index in [9.17, 15) is 19.6 Å². The van der Waals surface area contributed by atoms with E-state index in [-0.39, 0.29) is 24.3 Å². The quantitative estimate of drug-likeness (QED) is 0.757. The molecule has 2 aliphatic carbocycles. The summed E-state index contributed by atoms with van der Waals surface area (Å²) in [6.07, 6.45) is 5.27. The smallest absolute Gasteiger partial charge is 0.325 e. The van der Waals surface area contributed by atoms with Crippen LogP contribution in [0.5, 0.6) is 0 Å². The lowest BCUT2D eigenvalue weighted by Gasteiger charge is -2.36. The number of imide groups is 1. The zero-order chi connectivity index (χ0) is 17.5. The average Bonchev–Trinajstić information content (AvgIpc) is 3.36. The van der Waals surface area contributed by atoms with E-state index >= 15 is 0 Å². The van der Waals surface area contributed by atoms with Gasteiger partial charge in [-0.25, -0.2) is 4.79 Å². The predicted octanol–water partition coefficient (Wildman–Crippen LogP) is 1.30. The first-order valence-corrected chi connectivity index (χ1v) is 8.69. The van der Waals surface area contributed by atoms with Crippen molar-refractivity contribution in [1.29, 1.82) is 5.26 Å². The van der Waals surface area contributed by atoms with Crippen LogP contribution >= 0.6 is 0 Å². The number of carbonyl (C=O) groups excluding carboxylic acids is 3. The number of hydrogen-bond acceptors (Lipinski definition) is 4. The van der Waals surface area contributed by atoms with Crippen molar-refractivity contribution in [2.45, 2.75) is 63.5 Å². The molecule has 0 unspecified atom stereocenters. The van der Waals surface area contributed by atoms with E-state index in [0.29, 0.717) is 6.42 Å². The zero-order valence-electron chi connectivity index (χ0n) is 14.2. The van der Waals surface area contributed by atoms with Crippen molar-refractivity contribution in [2.24, 2.45) is 11.8 Å². The van der Waals surface area contributed by atoms with Gasteiger partial charge in [0.15, 0.2) is 0 Å². The van der Waals surface area contributed by atoms with Gasteiger partial charge in [0.05, 0.1) is 6.07 Å². The highest BCUT2D eigenvalue weighted by molar-refractivity contribution is 6.09. The molecular weight excluding hydrogens is 308 g/mol. The highest BCUT2D eigenvalue weighted by atomic mass is 16.2. The number of nitrogens with zero attached hydrogens (tertiary/aromatic N) is 2. The molecule has 0 radical (unpaired) electrons. The van der Waals surface area contributed by atoms with Crippen molar-refractivity contribution >= 4 is 17.8 Å². The van der Waals surface area contributed by atoms with E-state index in [1.54, 1.807) is 6.92 Å². The van der Waals surface area contributed by atoms with Gasteiger partial charge in [-0.3, -0.25) is 14.5 Å². The van der Waals surface area contributed by atoms with Crippen molar-refractivity contribution in [3.8, 4) is 6.07 Å². The van der Waals surface area contributed by atoms with Gasteiger partial charge in [-0.1, -0.05) is 19.8 Å². The van der Waals surface area contributed by atoms with Crippen molar-refractivity contribution in [3.05, 3.63) is 0 Å². The van der Waals surface area contributed by atoms with Crippen molar-refractivity contribution < 1.29 is 14.4 Å². The minimum absolute atomic E-state index is 0.0617. The Bertz CT molecular complexity index is 624. The summed E-state index contributed by atoms with van der Waals surface area (Å²) < 4.78 is 0. The molecule has 1 spiro atoms. The van der Waals surface area contributed by atoms with Crippen LogP contribution in [-0.4, -0.2) is 40.4 Å². The minimum atomic E-state index is -0.924. The van der Waals surface area contributed by atoms with Crippen LogP contribution in [0.3, 0.4) is 0 Å². The molecule has 3 rings (SSSR count). The molecule has 2 saturated carbocycles. The summed E-state index contributed by atoms with van der Waals surface area (Å²) in [5, 5.41) is 14.8. The molecule has 24 heavy (non-hydrogen) atoms. The van der Waals surface area contributed by atoms with Crippen LogP contribution in [0.15, 0.2) is 0 Å². The summed E-state index contributed by atoms with van der Waals surface area (Å²) in [6, 6.07) is 1.64. The molecule has 130 valence electrons. The predicted molar refractivity (Wildman–Crippen MR) is 85.5 cm³/mol. The Hall–Kier alpha value is -2.10. The van der Waals surface area contributed by atoms with Gasteiger partial charge < -0.3 is 10.6 Å². The molecule has 7 nitrogen and oxygen atoms in total. The van der Waals surface area contributed by atoms with Crippen LogP contribution in [0.1, 0.15) is 52.4 Å². The molecule has 1 heterocycles. The van der Waals surface area contributed by atoms with Crippen molar-refractivity contribution in [2.75, 3.05) is 6.54 Å². The molecule has 1 aliphatic heterocycles. The van der Waals surface area contributed by atoms with Crippen molar-refractivity contribution in [3.63, 3.8) is 0 Å². The average molecular weight is 332 g/mol. The summed E-state index contributed by atoms with van der Waals surface area (Å²) in [5.74, 6) is -0.555. The number of nitriles is 1. The SMILES string of the molecule is C[C@@H]1CCCC[C@]12NC(=O)N(CC(=O)N[C@@](C)(C#N)C1CC1)C2=O. The summed E-state index contributed by atoms with van der Waals surface area (Å²) in [7, 11) is 0. The number of rotatable bonds is 4. The summed E-state index contributed by atoms with van der Waals surface area (Å²) in [4.78, 5) is 38.4. The molecule has 3 fully saturated rings. The molecule has 0 aromatic heterocycles. The van der Waals surface area contributed by atoms with Crippen LogP contribution < -0.4 is 10.6 Å². The van der Waals surface area contributed by atoms with Gasteiger partial charge in [-0.15, -0.1) is 0 Å². The monoisotopic (exact) mass is 332 g/mol. The molecule has 0 aromatic carbocycles. The van der Waals surface area contributed by atoms with Crippen LogP contribution in [0, 0.1) is 23.2 Å². The van der Waals surface area contributed by atoms with Crippen LogP contribution in [0.2, 0.25) is 0 Å². The van der Waals surface area contributed by atoms with Gasteiger partial charge in [0.1, 0.15) is 17.6 Å². The minimum Gasteiger partial charge on any atom is -0.336 e. The van der Waals surface area contributed by atoms with Crippen molar-refractivity contribution in [1.82, 2.24) is 15.5 Å². The molecule has 3 atom stereocenters.